The fraction of sp³-hybridized carbons (Fsp3) is 0.909. The van der Waals surface area contributed by atoms with E-state index >= 15 is 0 Å². The van der Waals surface area contributed by atoms with Gasteiger partial charge in [-0.2, -0.15) is 0 Å². The van der Waals surface area contributed by atoms with Gasteiger partial charge in [0.05, 0.1) is 6.10 Å². The van der Waals surface area contributed by atoms with Crippen molar-refractivity contribution in [3.8, 4) is 0 Å². The molecule has 1 saturated heterocycles. The predicted molar refractivity (Wildman–Crippen MR) is 52.1 cm³/mol. The maximum absolute atomic E-state index is 11.0. The number of hydrogen-bond donors (Lipinski definition) is 1. The van der Waals surface area contributed by atoms with Crippen LogP contribution in [0.25, 0.3) is 0 Å². The Morgan fingerprint density at radius 3 is 2.50 bits per heavy atom. The third kappa shape index (κ3) is 1.65. The Morgan fingerprint density at radius 1 is 1.36 bits per heavy atom. The smallest absolute Gasteiger partial charge is 0.335 e. The van der Waals surface area contributed by atoms with E-state index in [1.165, 1.54) is 25.7 Å². The summed E-state index contributed by atoms with van der Waals surface area (Å²) in [6.07, 6.45) is 6.82. The molecule has 1 aliphatic heterocycles. The van der Waals surface area contributed by atoms with Gasteiger partial charge >= 0.3 is 5.97 Å². The molecule has 2 rings (SSSR count). The average molecular weight is 198 g/mol. The van der Waals surface area contributed by atoms with E-state index < -0.39 is 11.6 Å². The highest BCUT2D eigenvalue weighted by Crippen LogP contribution is 2.39. The first-order chi connectivity index (χ1) is 6.62. The Labute approximate surface area is 84.4 Å². The molecule has 0 bridgehead atoms. The zero-order valence-corrected chi connectivity index (χ0v) is 8.66. The maximum atomic E-state index is 11.0. The number of carbonyl (C=O) groups is 1. The van der Waals surface area contributed by atoms with Crippen molar-refractivity contribution in [2.45, 2.75) is 57.2 Å². The summed E-state index contributed by atoms with van der Waals surface area (Å²) in [6.45, 7) is 1.70. The van der Waals surface area contributed by atoms with E-state index in [2.05, 4.69) is 0 Å². The van der Waals surface area contributed by atoms with Gasteiger partial charge in [0.1, 0.15) is 0 Å². The topological polar surface area (TPSA) is 46.5 Å². The molecule has 1 N–H and O–H groups in total. The molecule has 0 radical (unpaired) electrons. The summed E-state index contributed by atoms with van der Waals surface area (Å²) in [7, 11) is 0. The lowest BCUT2D eigenvalue weighted by Crippen LogP contribution is -2.36. The molecule has 1 heterocycles. The van der Waals surface area contributed by atoms with Gasteiger partial charge < -0.3 is 9.84 Å². The highest BCUT2D eigenvalue weighted by molar-refractivity contribution is 5.77. The van der Waals surface area contributed by atoms with Gasteiger partial charge in [-0.3, -0.25) is 0 Å². The van der Waals surface area contributed by atoms with E-state index in [1.807, 2.05) is 0 Å². The Bertz CT molecular complexity index is 233. The van der Waals surface area contributed by atoms with E-state index in [1.54, 1.807) is 6.92 Å². The molecule has 0 spiro atoms. The van der Waals surface area contributed by atoms with Crippen LogP contribution in [0.5, 0.6) is 0 Å². The molecule has 80 valence electrons. The summed E-state index contributed by atoms with van der Waals surface area (Å²) in [6, 6.07) is 0. The van der Waals surface area contributed by atoms with E-state index in [4.69, 9.17) is 9.84 Å². The summed E-state index contributed by atoms with van der Waals surface area (Å²) in [4.78, 5) is 11.0. The molecular weight excluding hydrogens is 180 g/mol. The third-order valence-corrected chi connectivity index (χ3v) is 3.70. The summed E-state index contributed by atoms with van der Waals surface area (Å²) in [5, 5.41) is 9.01. The molecule has 0 aromatic heterocycles. The summed E-state index contributed by atoms with van der Waals surface area (Å²) in [5.41, 5.74) is -0.909. The fourth-order valence-electron chi connectivity index (χ4n) is 2.69. The Morgan fingerprint density at radius 2 is 2.00 bits per heavy atom. The van der Waals surface area contributed by atoms with Crippen LogP contribution in [-0.2, 0) is 9.53 Å². The molecule has 3 nitrogen and oxygen atoms in total. The standard InChI is InChI=1S/C11H18O3/c1-11(10(12)13)7-6-9(14-11)8-4-2-3-5-8/h8-9H,2-7H2,1H3,(H,12,13). The van der Waals surface area contributed by atoms with E-state index in [-0.39, 0.29) is 6.10 Å². The maximum Gasteiger partial charge on any atom is 0.335 e. The molecule has 14 heavy (non-hydrogen) atoms. The monoisotopic (exact) mass is 198 g/mol. The van der Waals surface area contributed by atoms with Gasteiger partial charge in [-0.15, -0.1) is 0 Å². The van der Waals surface area contributed by atoms with Gasteiger partial charge in [0.15, 0.2) is 5.60 Å². The van der Waals surface area contributed by atoms with Crippen LogP contribution in [0, 0.1) is 5.92 Å². The highest BCUT2D eigenvalue weighted by Gasteiger charge is 2.45. The average Bonchev–Trinajstić information content (AvgIpc) is 2.72. The minimum Gasteiger partial charge on any atom is -0.479 e. The van der Waals surface area contributed by atoms with Gasteiger partial charge in [-0.25, -0.2) is 4.79 Å². The number of ether oxygens (including phenoxy) is 1. The van der Waals surface area contributed by atoms with Crippen LogP contribution in [0.15, 0.2) is 0 Å². The van der Waals surface area contributed by atoms with Crippen molar-refractivity contribution >= 4 is 5.97 Å². The first kappa shape index (κ1) is 9.97. The second-order valence-electron chi connectivity index (χ2n) is 4.78. The van der Waals surface area contributed by atoms with Crippen molar-refractivity contribution in [1.29, 1.82) is 0 Å². The predicted octanol–water partition coefficient (Wildman–Crippen LogP) is 2.20. The molecule has 0 aromatic carbocycles. The largest absolute Gasteiger partial charge is 0.479 e. The second-order valence-corrected chi connectivity index (χ2v) is 4.78. The second kappa shape index (κ2) is 3.54. The van der Waals surface area contributed by atoms with Crippen molar-refractivity contribution in [1.82, 2.24) is 0 Å². The Hall–Kier alpha value is -0.570. The zero-order chi connectivity index (χ0) is 10.2. The van der Waals surface area contributed by atoms with Crippen molar-refractivity contribution in [2.75, 3.05) is 0 Å². The van der Waals surface area contributed by atoms with Gasteiger partial charge in [0, 0.05) is 0 Å². The van der Waals surface area contributed by atoms with E-state index in [9.17, 15) is 4.79 Å². The quantitative estimate of drug-likeness (QED) is 0.739. The number of carboxylic acid groups (broad SMARTS) is 1. The molecule has 1 saturated carbocycles. The Balaban J connectivity index is 1.96. The number of aliphatic carboxylic acids is 1. The van der Waals surface area contributed by atoms with Crippen LogP contribution >= 0.6 is 0 Å². The lowest BCUT2D eigenvalue weighted by atomic mass is 9.96. The van der Waals surface area contributed by atoms with Gasteiger partial charge in [0.2, 0.25) is 0 Å². The number of rotatable bonds is 2. The molecule has 2 unspecified atom stereocenters. The van der Waals surface area contributed by atoms with Gasteiger partial charge in [-0.1, -0.05) is 12.8 Å². The summed E-state index contributed by atoms with van der Waals surface area (Å²) >= 11 is 0. The highest BCUT2D eigenvalue weighted by atomic mass is 16.5. The third-order valence-electron chi connectivity index (χ3n) is 3.70. The van der Waals surface area contributed by atoms with Crippen LogP contribution < -0.4 is 0 Å². The summed E-state index contributed by atoms with van der Waals surface area (Å²) < 4.78 is 5.69. The van der Waals surface area contributed by atoms with Crippen LogP contribution in [0.4, 0.5) is 0 Å². The SMILES string of the molecule is CC1(C(=O)O)CCC(C2CCCC2)O1. The molecule has 3 heteroatoms. The first-order valence-corrected chi connectivity index (χ1v) is 5.53. The molecular formula is C11H18O3. The lowest BCUT2D eigenvalue weighted by Gasteiger charge is -2.23. The number of hydrogen-bond acceptors (Lipinski definition) is 2. The lowest BCUT2D eigenvalue weighted by molar-refractivity contribution is -0.163. The molecule has 0 amide bonds. The van der Waals surface area contributed by atoms with Gasteiger partial charge in [-0.05, 0) is 38.5 Å². The molecule has 2 fully saturated rings. The Kier molecular flexibility index (Phi) is 2.52. The minimum atomic E-state index is -0.909. The van der Waals surface area contributed by atoms with Crippen LogP contribution in [0.1, 0.15) is 45.4 Å². The molecule has 2 atom stereocenters. The zero-order valence-electron chi connectivity index (χ0n) is 8.66. The van der Waals surface area contributed by atoms with E-state index in [0.717, 1.165) is 6.42 Å². The van der Waals surface area contributed by atoms with Gasteiger partial charge in [0.25, 0.3) is 0 Å². The molecule has 2 aliphatic rings. The van der Waals surface area contributed by atoms with Crippen LogP contribution in [0.3, 0.4) is 0 Å². The molecule has 0 aromatic rings. The van der Waals surface area contributed by atoms with Crippen molar-refractivity contribution < 1.29 is 14.6 Å². The van der Waals surface area contributed by atoms with Crippen LogP contribution in [0.2, 0.25) is 0 Å². The summed E-state index contributed by atoms with van der Waals surface area (Å²) in [5.74, 6) is -0.186. The van der Waals surface area contributed by atoms with Crippen molar-refractivity contribution in [3.63, 3.8) is 0 Å². The number of carboxylic acids is 1. The van der Waals surface area contributed by atoms with E-state index in [0.29, 0.717) is 12.3 Å². The van der Waals surface area contributed by atoms with Crippen molar-refractivity contribution in [3.05, 3.63) is 0 Å². The van der Waals surface area contributed by atoms with Crippen LogP contribution in [-0.4, -0.2) is 22.8 Å². The first-order valence-electron chi connectivity index (χ1n) is 5.53. The fourth-order valence-corrected chi connectivity index (χ4v) is 2.69. The molecule has 1 aliphatic carbocycles. The minimum absolute atomic E-state index is 0.207. The normalized spacial score (nSPS) is 39.1. The van der Waals surface area contributed by atoms with Crippen molar-refractivity contribution in [2.24, 2.45) is 5.92 Å².